The first-order chi connectivity index (χ1) is 12.0. The molecule has 1 aliphatic heterocycles. The quantitative estimate of drug-likeness (QED) is 0.881. The van der Waals surface area contributed by atoms with Crippen LogP contribution in [0, 0.1) is 11.7 Å². The van der Waals surface area contributed by atoms with E-state index in [1.807, 2.05) is 0 Å². The van der Waals surface area contributed by atoms with Gasteiger partial charge < -0.3 is 10.0 Å². The summed E-state index contributed by atoms with van der Waals surface area (Å²) < 4.78 is 13.0. The molecule has 5 nitrogen and oxygen atoms in total. The van der Waals surface area contributed by atoms with E-state index in [4.69, 9.17) is 5.11 Å². The molecular weight excluding hydrogens is 343 g/mol. The number of rotatable bonds is 5. The second-order valence-corrected chi connectivity index (χ2v) is 7.09. The first kappa shape index (κ1) is 17.5. The number of carbonyl (C=O) groups excluding carboxylic acids is 1. The Morgan fingerprint density at radius 3 is 2.80 bits per heavy atom. The highest BCUT2D eigenvalue weighted by atomic mass is 32.1. The van der Waals surface area contributed by atoms with E-state index in [1.54, 1.807) is 22.4 Å². The molecule has 0 radical (unpaired) electrons. The molecule has 1 aromatic carbocycles. The van der Waals surface area contributed by atoms with Gasteiger partial charge in [-0.05, 0) is 49.4 Å². The van der Waals surface area contributed by atoms with Crippen LogP contribution in [-0.4, -0.2) is 40.0 Å². The molecule has 7 heteroatoms. The van der Waals surface area contributed by atoms with Crippen LogP contribution in [0.4, 0.5) is 4.39 Å². The van der Waals surface area contributed by atoms with Gasteiger partial charge in [0, 0.05) is 30.5 Å². The van der Waals surface area contributed by atoms with E-state index in [-0.39, 0.29) is 24.1 Å². The molecule has 1 N–H and O–H groups in total. The fraction of sp³-hybridized carbons (Fsp3) is 0.389. The first-order valence-corrected chi connectivity index (χ1v) is 9.13. The summed E-state index contributed by atoms with van der Waals surface area (Å²) in [5.74, 6) is -1.00. The van der Waals surface area contributed by atoms with Gasteiger partial charge in [-0.2, -0.15) is 0 Å². The number of carbonyl (C=O) groups is 2. The van der Waals surface area contributed by atoms with Gasteiger partial charge in [0.2, 0.25) is 0 Å². The molecule has 1 fully saturated rings. The van der Waals surface area contributed by atoms with Gasteiger partial charge in [-0.1, -0.05) is 0 Å². The number of carboxylic acid groups (broad SMARTS) is 1. The van der Waals surface area contributed by atoms with Crippen molar-refractivity contribution in [1.82, 2.24) is 9.88 Å². The average molecular weight is 362 g/mol. The van der Waals surface area contributed by atoms with Crippen molar-refractivity contribution in [2.45, 2.75) is 25.7 Å². The molecule has 0 aliphatic carbocycles. The molecule has 1 atom stereocenters. The molecule has 1 amide bonds. The Morgan fingerprint density at radius 2 is 2.08 bits per heavy atom. The van der Waals surface area contributed by atoms with Crippen molar-refractivity contribution in [3.05, 3.63) is 41.2 Å². The number of thiazole rings is 1. The summed E-state index contributed by atoms with van der Waals surface area (Å²) in [5, 5.41) is 11.2. The molecule has 1 aliphatic rings. The smallest absolute Gasteiger partial charge is 0.303 e. The predicted molar refractivity (Wildman–Crippen MR) is 93.0 cm³/mol. The summed E-state index contributed by atoms with van der Waals surface area (Å²) in [6, 6.07) is 6.03. The highest BCUT2D eigenvalue weighted by Crippen LogP contribution is 2.26. The van der Waals surface area contributed by atoms with E-state index in [1.165, 1.54) is 23.5 Å². The van der Waals surface area contributed by atoms with Crippen molar-refractivity contribution >= 4 is 23.2 Å². The fourth-order valence-corrected chi connectivity index (χ4v) is 3.87. The van der Waals surface area contributed by atoms with Crippen molar-refractivity contribution in [1.29, 1.82) is 0 Å². The number of hydrogen-bond acceptors (Lipinski definition) is 4. The predicted octanol–water partition coefficient (Wildman–Crippen LogP) is 3.67. The normalized spacial score (nSPS) is 17.5. The Kier molecular flexibility index (Phi) is 5.43. The molecule has 0 saturated carbocycles. The number of amides is 1. The number of carboxylic acids is 1. The minimum absolute atomic E-state index is 0.121. The van der Waals surface area contributed by atoms with Crippen LogP contribution >= 0.6 is 11.3 Å². The zero-order valence-corrected chi connectivity index (χ0v) is 14.5. The Bertz CT molecular complexity index is 760. The summed E-state index contributed by atoms with van der Waals surface area (Å²) in [7, 11) is 0. The Morgan fingerprint density at radius 1 is 1.32 bits per heavy atom. The largest absolute Gasteiger partial charge is 0.481 e. The number of benzene rings is 1. The summed E-state index contributed by atoms with van der Waals surface area (Å²) in [5.41, 5.74) is 1.17. The maximum atomic E-state index is 13.0. The lowest BCUT2D eigenvalue weighted by molar-refractivity contribution is -0.137. The standard InChI is InChI=1S/C18H19FN2O3S/c19-14-6-4-13(5-7-14)17-20-15(11-25-17)18(24)21-9-1-2-12(10-21)3-8-16(22)23/h4-7,11-12H,1-3,8-10H2,(H,22,23). The van der Waals surface area contributed by atoms with Gasteiger partial charge in [0.25, 0.3) is 5.91 Å². The second-order valence-electron chi connectivity index (χ2n) is 6.24. The monoisotopic (exact) mass is 362 g/mol. The Hall–Kier alpha value is -2.28. The van der Waals surface area contributed by atoms with Crippen molar-refractivity contribution in [3.8, 4) is 10.6 Å². The van der Waals surface area contributed by atoms with Crippen molar-refractivity contribution in [3.63, 3.8) is 0 Å². The third kappa shape index (κ3) is 4.42. The third-order valence-electron chi connectivity index (χ3n) is 4.39. The van der Waals surface area contributed by atoms with Crippen LogP contribution in [0.3, 0.4) is 0 Å². The van der Waals surface area contributed by atoms with E-state index < -0.39 is 5.97 Å². The SMILES string of the molecule is O=C(O)CCC1CCCN(C(=O)c2csc(-c3ccc(F)cc3)n2)C1. The van der Waals surface area contributed by atoms with Crippen LogP contribution in [0.15, 0.2) is 29.6 Å². The maximum absolute atomic E-state index is 13.0. The van der Waals surface area contributed by atoms with Gasteiger partial charge in [0.15, 0.2) is 0 Å². The van der Waals surface area contributed by atoms with E-state index in [0.717, 1.165) is 18.4 Å². The number of aromatic nitrogens is 1. The lowest BCUT2D eigenvalue weighted by Crippen LogP contribution is -2.40. The van der Waals surface area contributed by atoms with Gasteiger partial charge >= 0.3 is 5.97 Å². The highest BCUT2D eigenvalue weighted by Gasteiger charge is 2.26. The molecule has 2 aromatic rings. The van der Waals surface area contributed by atoms with Crippen molar-refractivity contribution < 1.29 is 19.1 Å². The Balaban J connectivity index is 1.66. The zero-order valence-electron chi connectivity index (χ0n) is 13.7. The summed E-state index contributed by atoms with van der Waals surface area (Å²) in [6.45, 7) is 1.25. The van der Waals surface area contributed by atoms with E-state index >= 15 is 0 Å². The van der Waals surface area contributed by atoms with Crippen LogP contribution in [0.1, 0.15) is 36.2 Å². The number of likely N-dealkylation sites (tertiary alicyclic amines) is 1. The summed E-state index contributed by atoms with van der Waals surface area (Å²) in [4.78, 5) is 29.6. The molecular formula is C18H19FN2O3S. The molecule has 132 valence electrons. The molecule has 3 rings (SSSR count). The second kappa shape index (κ2) is 7.74. The highest BCUT2D eigenvalue weighted by molar-refractivity contribution is 7.13. The van der Waals surface area contributed by atoms with Gasteiger partial charge in [-0.25, -0.2) is 9.37 Å². The van der Waals surface area contributed by atoms with Crippen LogP contribution in [0.25, 0.3) is 10.6 Å². The molecule has 0 bridgehead atoms. The Labute approximate surface area is 149 Å². The molecule has 1 unspecified atom stereocenters. The van der Waals surface area contributed by atoms with Crippen molar-refractivity contribution in [2.75, 3.05) is 13.1 Å². The lowest BCUT2D eigenvalue weighted by Gasteiger charge is -2.32. The number of aliphatic carboxylic acids is 1. The molecule has 2 heterocycles. The van der Waals surface area contributed by atoms with Crippen LogP contribution < -0.4 is 0 Å². The number of piperidine rings is 1. The third-order valence-corrected chi connectivity index (χ3v) is 5.28. The average Bonchev–Trinajstić information content (AvgIpc) is 3.10. The lowest BCUT2D eigenvalue weighted by atomic mass is 9.93. The molecule has 25 heavy (non-hydrogen) atoms. The molecule has 1 aromatic heterocycles. The first-order valence-electron chi connectivity index (χ1n) is 8.25. The number of hydrogen-bond donors (Lipinski definition) is 1. The summed E-state index contributed by atoms with van der Waals surface area (Å²) >= 11 is 1.36. The zero-order chi connectivity index (χ0) is 17.8. The van der Waals surface area contributed by atoms with E-state index in [9.17, 15) is 14.0 Å². The topological polar surface area (TPSA) is 70.5 Å². The van der Waals surface area contributed by atoms with Crippen LogP contribution in [-0.2, 0) is 4.79 Å². The van der Waals surface area contributed by atoms with Gasteiger partial charge in [0.05, 0.1) is 0 Å². The van der Waals surface area contributed by atoms with E-state index in [2.05, 4.69) is 4.98 Å². The van der Waals surface area contributed by atoms with Crippen molar-refractivity contribution in [2.24, 2.45) is 5.92 Å². The molecule has 0 spiro atoms. The van der Waals surface area contributed by atoms with Crippen LogP contribution in [0.5, 0.6) is 0 Å². The van der Waals surface area contributed by atoms with Gasteiger partial charge in [-0.15, -0.1) is 11.3 Å². The maximum Gasteiger partial charge on any atom is 0.303 e. The minimum atomic E-state index is -0.799. The molecule has 1 saturated heterocycles. The van der Waals surface area contributed by atoms with Crippen LogP contribution in [0.2, 0.25) is 0 Å². The number of nitrogens with zero attached hydrogens (tertiary/aromatic N) is 2. The fourth-order valence-electron chi connectivity index (χ4n) is 3.07. The number of halogens is 1. The van der Waals surface area contributed by atoms with Gasteiger partial charge in [0.1, 0.15) is 16.5 Å². The van der Waals surface area contributed by atoms with E-state index in [0.29, 0.717) is 30.2 Å². The minimum Gasteiger partial charge on any atom is -0.481 e. The van der Waals surface area contributed by atoms with Gasteiger partial charge in [-0.3, -0.25) is 9.59 Å². The summed E-state index contributed by atoms with van der Waals surface area (Å²) in [6.07, 6.45) is 2.56.